The zero-order chi connectivity index (χ0) is 17.1. The van der Waals surface area contributed by atoms with Crippen molar-refractivity contribution < 1.29 is 14.6 Å². The Bertz CT molecular complexity index is 925. The van der Waals surface area contributed by atoms with Crippen molar-refractivity contribution >= 4 is 17.0 Å². The molecule has 0 radical (unpaired) electrons. The third-order valence-corrected chi connectivity index (χ3v) is 3.89. The molecule has 3 rings (SSSR count). The van der Waals surface area contributed by atoms with Crippen molar-refractivity contribution in [3.05, 3.63) is 70.1 Å². The first-order chi connectivity index (χ1) is 11.6. The first kappa shape index (κ1) is 16.0. The Hall–Kier alpha value is -2.86. The van der Waals surface area contributed by atoms with Crippen LogP contribution in [0.15, 0.2) is 53.6 Å². The Morgan fingerprint density at radius 3 is 2.58 bits per heavy atom. The Labute approximate surface area is 138 Å². The minimum Gasteiger partial charge on any atom is -0.477 e. The largest absolute Gasteiger partial charge is 0.477 e. The van der Waals surface area contributed by atoms with Gasteiger partial charge in [0.2, 0.25) is 5.43 Å². The number of rotatable bonds is 6. The molecule has 2 heterocycles. The third-order valence-electron chi connectivity index (χ3n) is 3.89. The normalized spacial score (nSPS) is 11.0. The van der Waals surface area contributed by atoms with Crippen LogP contribution < -0.4 is 5.43 Å². The Kier molecular flexibility index (Phi) is 4.48. The highest BCUT2D eigenvalue weighted by Gasteiger charge is 2.16. The molecule has 0 amide bonds. The molecule has 24 heavy (non-hydrogen) atoms. The second kappa shape index (κ2) is 6.72. The molecular weight excluding hydrogens is 308 g/mol. The number of nitrogens with zero attached hydrogens (tertiary/aromatic N) is 2. The quantitative estimate of drug-likeness (QED) is 0.756. The van der Waals surface area contributed by atoms with Crippen molar-refractivity contribution in [3.8, 4) is 0 Å². The van der Waals surface area contributed by atoms with Crippen LogP contribution in [0.2, 0.25) is 0 Å². The van der Waals surface area contributed by atoms with Crippen LogP contribution in [0, 0.1) is 0 Å². The molecule has 0 bridgehead atoms. The number of carboxylic acids is 1. The molecule has 124 valence electrons. The summed E-state index contributed by atoms with van der Waals surface area (Å²) in [6.07, 6.45) is 3.13. The molecule has 0 aliphatic carbocycles. The van der Waals surface area contributed by atoms with Gasteiger partial charge < -0.3 is 19.0 Å². The SMILES string of the molecule is CCn1cc(C(=O)O)c(=O)c2ccn(COCc3ccccc3)c21. The maximum absolute atomic E-state index is 12.3. The van der Waals surface area contributed by atoms with Gasteiger partial charge in [0.1, 0.15) is 17.9 Å². The van der Waals surface area contributed by atoms with E-state index in [9.17, 15) is 14.7 Å². The Balaban J connectivity index is 1.91. The molecule has 0 unspecified atom stereocenters. The van der Waals surface area contributed by atoms with Crippen LogP contribution in [-0.2, 0) is 24.6 Å². The highest BCUT2D eigenvalue weighted by molar-refractivity contribution is 5.92. The van der Waals surface area contributed by atoms with Crippen molar-refractivity contribution in [2.75, 3.05) is 0 Å². The summed E-state index contributed by atoms with van der Waals surface area (Å²) in [5, 5.41) is 9.56. The van der Waals surface area contributed by atoms with Crippen molar-refractivity contribution in [2.24, 2.45) is 0 Å². The molecule has 6 nitrogen and oxygen atoms in total. The van der Waals surface area contributed by atoms with Crippen molar-refractivity contribution in [3.63, 3.8) is 0 Å². The summed E-state index contributed by atoms with van der Waals surface area (Å²) in [4.78, 5) is 23.5. The van der Waals surface area contributed by atoms with Gasteiger partial charge in [0, 0.05) is 18.9 Å². The van der Waals surface area contributed by atoms with Crippen molar-refractivity contribution in [1.82, 2.24) is 9.13 Å². The van der Waals surface area contributed by atoms with E-state index in [-0.39, 0.29) is 12.3 Å². The zero-order valence-electron chi connectivity index (χ0n) is 13.3. The molecule has 0 saturated carbocycles. The van der Waals surface area contributed by atoms with Gasteiger partial charge in [-0.25, -0.2) is 4.79 Å². The highest BCUT2D eigenvalue weighted by atomic mass is 16.5. The van der Waals surface area contributed by atoms with E-state index >= 15 is 0 Å². The van der Waals surface area contributed by atoms with E-state index in [1.165, 1.54) is 6.20 Å². The van der Waals surface area contributed by atoms with Crippen LogP contribution in [0.5, 0.6) is 0 Å². The van der Waals surface area contributed by atoms with Gasteiger partial charge in [0.25, 0.3) is 0 Å². The van der Waals surface area contributed by atoms with Gasteiger partial charge in [-0.1, -0.05) is 30.3 Å². The van der Waals surface area contributed by atoms with E-state index in [1.54, 1.807) is 16.8 Å². The summed E-state index contributed by atoms with van der Waals surface area (Å²) in [5.74, 6) is -1.21. The molecule has 0 spiro atoms. The number of benzene rings is 1. The number of ether oxygens (including phenoxy) is 1. The summed E-state index contributed by atoms with van der Waals surface area (Å²) in [5.41, 5.74) is 1.05. The lowest BCUT2D eigenvalue weighted by Gasteiger charge is -2.12. The van der Waals surface area contributed by atoms with Gasteiger partial charge in [-0.3, -0.25) is 4.79 Å². The van der Waals surface area contributed by atoms with E-state index in [2.05, 4.69) is 0 Å². The smallest absolute Gasteiger partial charge is 0.341 e. The van der Waals surface area contributed by atoms with Gasteiger partial charge in [-0.2, -0.15) is 0 Å². The summed E-state index contributed by atoms with van der Waals surface area (Å²) < 4.78 is 9.29. The second-order valence-corrected chi connectivity index (χ2v) is 5.45. The lowest BCUT2D eigenvalue weighted by Crippen LogP contribution is -2.19. The minimum atomic E-state index is -1.21. The van der Waals surface area contributed by atoms with Gasteiger partial charge in [-0.05, 0) is 18.6 Å². The lowest BCUT2D eigenvalue weighted by molar-refractivity contribution is 0.0661. The number of aryl methyl sites for hydroxylation is 1. The molecule has 0 atom stereocenters. The third kappa shape index (κ3) is 2.96. The van der Waals surface area contributed by atoms with Crippen LogP contribution in [-0.4, -0.2) is 20.2 Å². The average molecular weight is 326 g/mol. The zero-order valence-corrected chi connectivity index (χ0v) is 13.3. The fourth-order valence-corrected chi connectivity index (χ4v) is 2.72. The fraction of sp³-hybridized carbons (Fsp3) is 0.222. The summed E-state index contributed by atoms with van der Waals surface area (Å²) in [7, 11) is 0. The summed E-state index contributed by atoms with van der Waals surface area (Å²) >= 11 is 0. The standard InChI is InChI=1S/C18H18N2O4/c1-2-19-10-15(18(22)23)16(21)14-8-9-20(17(14)19)12-24-11-13-6-4-3-5-7-13/h3-10H,2,11-12H2,1H3,(H,22,23). The van der Waals surface area contributed by atoms with E-state index in [4.69, 9.17) is 4.74 Å². The lowest BCUT2D eigenvalue weighted by atomic mass is 10.2. The molecule has 0 saturated heterocycles. The fourth-order valence-electron chi connectivity index (χ4n) is 2.72. The Morgan fingerprint density at radius 1 is 1.17 bits per heavy atom. The van der Waals surface area contributed by atoms with E-state index in [0.717, 1.165) is 5.56 Å². The number of carbonyl (C=O) groups is 1. The van der Waals surface area contributed by atoms with Gasteiger partial charge in [-0.15, -0.1) is 0 Å². The number of pyridine rings is 1. The molecule has 0 aliphatic heterocycles. The molecule has 1 N–H and O–H groups in total. The van der Waals surface area contributed by atoms with Gasteiger partial charge in [0.15, 0.2) is 0 Å². The number of fused-ring (bicyclic) bond motifs is 1. The first-order valence-electron chi connectivity index (χ1n) is 7.69. The molecule has 1 aromatic carbocycles. The van der Waals surface area contributed by atoms with Crippen molar-refractivity contribution in [1.29, 1.82) is 0 Å². The van der Waals surface area contributed by atoms with Crippen molar-refractivity contribution in [2.45, 2.75) is 26.8 Å². The van der Waals surface area contributed by atoms with Crippen LogP contribution >= 0.6 is 0 Å². The van der Waals surface area contributed by atoms with Crippen LogP contribution in [0.4, 0.5) is 0 Å². The molecular formula is C18H18N2O4. The molecule has 3 aromatic rings. The molecule has 0 fully saturated rings. The number of hydrogen-bond donors (Lipinski definition) is 1. The highest BCUT2D eigenvalue weighted by Crippen LogP contribution is 2.15. The van der Waals surface area contributed by atoms with E-state index in [0.29, 0.717) is 24.2 Å². The number of carboxylic acid groups (broad SMARTS) is 1. The topological polar surface area (TPSA) is 73.5 Å². The first-order valence-corrected chi connectivity index (χ1v) is 7.69. The van der Waals surface area contributed by atoms with E-state index < -0.39 is 11.4 Å². The number of aromatic carboxylic acids is 1. The average Bonchev–Trinajstić information content (AvgIpc) is 3.01. The second-order valence-electron chi connectivity index (χ2n) is 5.45. The maximum Gasteiger partial charge on any atom is 0.341 e. The molecule has 0 aliphatic rings. The number of aromatic nitrogens is 2. The van der Waals surface area contributed by atoms with Crippen LogP contribution in [0.25, 0.3) is 11.0 Å². The minimum absolute atomic E-state index is 0.215. The monoisotopic (exact) mass is 326 g/mol. The van der Waals surface area contributed by atoms with Crippen LogP contribution in [0.1, 0.15) is 22.8 Å². The number of hydrogen-bond acceptors (Lipinski definition) is 3. The summed E-state index contributed by atoms with van der Waals surface area (Å²) in [6, 6.07) is 11.5. The maximum atomic E-state index is 12.3. The predicted molar refractivity (Wildman–Crippen MR) is 90.1 cm³/mol. The van der Waals surface area contributed by atoms with Gasteiger partial charge in [0.05, 0.1) is 12.0 Å². The summed E-state index contributed by atoms with van der Waals surface area (Å²) in [6.45, 7) is 3.20. The molecule has 2 aromatic heterocycles. The molecule has 6 heteroatoms. The van der Waals surface area contributed by atoms with Gasteiger partial charge >= 0.3 is 5.97 Å². The predicted octanol–water partition coefficient (Wildman–Crippen LogP) is 2.70. The van der Waals surface area contributed by atoms with Crippen LogP contribution in [0.3, 0.4) is 0 Å². The Morgan fingerprint density at radius 2 is 1.92 bits per heavy atom. The van der Waals surface area contributed by atoms with E-state index in [1.807, 2.05) is 41.8 Å².